The summed E-state index contributed by atoms with van der Waals surface area (Å²) in [5.74, 6) is -0.143. The van der Waals surface area contributed by atoms with Crippen LogP contribution in [0.25, 0.3) is 0 Å². The predicted octanol–water partition coefficient (Wildman–Crippen LogP) is -0.346. The normalized spacial score (nSPS) is 10.5. The van der Waals surface area contributed by atoms with Gasteiger partial charge in [0.05, 0.1) is 11.8 Å². The molecule has 0 unspecified atom stereocenters. The van der Waals surface area contributed by atoms with E-state index in [-0.39, 0.29) is 5.91 Å². The SMILES string of the molecule is NC/C=C/CNC(=O)c1cn[nH]c1. The van der Waals surface area contributed by atoms with Crippen molar-refractivity contribution in [1.29, 1.82) is 0 Å². The lowest BCUT2D eigenvalue weighted by atomic mass is 10.3. The first-order chi connectivity index (χ1) is 6.34. The zero-order valence-corrected chi connectivity index (χ0v) is 7.16. The topological polar surface area (TPSA) is 83.8 Å². The maximum atomic E-state index is 11.2. The Morgan fingerprint density at radius 2 is 2.54 bits per heavy atom. The summed E-state index contributed by atoms with van der Waals surface area (Å²) in [5, 5.41) is 8.91. The smallest absolute Gasteiger partial charge is 0.254 e. The van der Waals surface area contributed by atoms with E-state index in [1.807, 2.05) is 0 Å². The molecule has 0 radical (unpaired) electrons. The van der Waals surface area contributed by atoms with Crippen LogP contribution in [0.2, 0.25) is 0 Å². The van der Waals surface area contributed by atoms with Crippen molar-refractivity contribution in [3.8, 4) is 0 Å². The number of nitrogens with zero attached hydrogens (tertiary/aromatic N) is 1. The van der Waals surface area contributed by atoms with Crippen molar-refractivity contribution in [2.24, 2.45) is 5.73 Å². The monoisotopic (exact) mass is 180 g/mol. The molecule has 70 valence electrons. The van der Waals surface area contributed by atoms with Gasteiger partial charge in [0.1, 0.15) is 0 Å². The van der Waals surface area contributed by atoms with E-state index in [9.17, 15) is 4.79 Å². The first-order valence-corrected chi connectivity index (χ1v) is 3.96. The summed E-state index contributed by atoms with van der Waals surface area (Å²) >= 11 is 0. The van der Waals surface area contributed by atoms with Gasteiger partial charge in [0.2, 0.25) is 0 Å². The fourth-order valence-electron chi connectivity index (χ4n) is 0.808. The molecule has 1 heterocycles. The van der Waals surface area contributed by atoms with Crippen LogP contribution in [0.1, 0.15) is 10.4 Å². The summed E-state index contributed by atoms with van der Waals surface area (Å²) in [6.45, 7) is 0.975. The number of nitrogens with one attached hydrogen (secondary N) is 2. The summed E-state index contributed by atoms with van der Waals surface area (Å²) in [7, 11) is 0. The molecule has 0 saturated carbocycles. The lowest BCUT2D eigenvalue weighted by Gasteiger charge is -1.97. The van der Waals surface area contributed by atoms with E-state index in [0.717, 1.165) is 0 Å². The van der Waals surface area contributed by atoms with E-state index in [1.54, 1.807) is 18.3 Å². The average Bonchev–Trinajstić information content (AvgIpc) is 2.65. The molecule has 5 nitrogen and oxygen atoms in total. The van der Waals surface area contributed by atoms with Gasteiger partial charge in [0, 0.05) is 19.3 Å². The molecule has 0 aliphatic rings. The molecule has 4 N–H and O–H groups in total. The van der Waals surface area contributed by atoms with E-state index >= 15 is 0 Å². The lowest BCUT2D eigenvalue weighted by Crippen LogP contribution is -2.22. The zero-order chi connectivity index (χ0) is 9.52. The van der Waals surface area contributed by atoms with Crippen LogP contribution in [0.15, 0.2) is 24.5 Å². The molecule has 0 bridgehead atoms. The molecule has 0 aliphatic carbocycles. The molecular weight excluding hydrogens is 168 g/mol. The zero-order valence-electron chi connectivity index (χ0n) is 7.16. The average molecular weight is 180 g/mol. The van der Waals surface area contributed by atoms with Crippen molar-refractivity contribution >= 4 is 5.91 Å². The predicted molar refractivity (Wildman–Crippen MR) is 49.1 cm³/mol. The van der Waals surface area contributed by atoms with Crippen molar-refractivity contribution in [3.05, 3.63) is 30.1 Å². The second-order valence-electron chi connectivity index (χ2n) is 2.40. The largest absolute Gasteiger partial charge is 0.348 e. The Morgan fingerprint density at radius 3 is 3.15 bits per heavy atom. The Hall–Kier alpha value is -1.62. The summed E-state index contributed by atoms with van der Waals surface area (Å²) in [5.41, 5.74) is 5.75. The van der Waals surface area contributed by atoms with Gasteiger partial charge in [0.15, 0.2) is 0 Å². The van der Waals surface area contributed by atoms with Gasteiger partial charge in [0.25, 0.3) is 5.91 Å². The number of rotatable bonds is 4. The minimum Gasteiger partial charge on any atom is -0.348 e. The highest BCUT2D eigenvalue weighted by Gasteiger charge is 2.03. The minimum absolute atomic E-state index is 0.143. The van der Waals surface area contributed by atoms with Gasteiger partial charge in [-0.3, -0.25) is 9.89 Å². The third kappa shape index (κ3) is 3.08. The van der Waals surface area contributed by atoms with Gasteiger partial charge >= 0.3 is 0 Å². The number of amides is 1. The molecule has 1 aromatic heterocycles. The van der Waals surface area contributed by atoms with Gasteiger partial charge in [-0.05, 0) is 0 Å². The van der Waals surface area contributed by atoms with Crippen molar-refractivity contribution in [2.75, 3.05) is 13.1 Å². The molecule has 0 aliphatic heterocycles. The summed E-state index contributed by atoms with van der Waals surface area (Å²) in [6.07, 6.45) is 6.61. The number of nitrogens with two attached hydrogens (primary N) is 1. The van der Waals surface area contributed by atoms with Crippen LogP contribution in [-0.2, 0) is 0 Å². The minimum atomic E-state index is -0.143. The second kappa shape index (κ2) is 5.10. The van der Waals surface area contributed by atoms with Crippen LogP contribution >= 0.6 is 0 Å². The first-order valence-electron chi connectivity index (χ1n) is 3.96. The summed E-state index contributed by atoms with van der Waals surface area (Å²) in [4.78, 5) is 11.2. The molecule has 0 atom stereocenters. The molecule has 1 rings (SSSR count). The van der Waals surface area contributed by atoms with Gasteiger partial charge in [-0.25, -0.2) is 0 Å². The van der Waals surface area contributed by atoms with Gasteiger partial charge in [-0.15, -0.1) is 0 Å². The van der Waals surface area contributed by atoms with Crippen LogP contribution < -0.4 is 11.1 Å². The van der Waals surface area contributed by atoms with Crippen LogP contribution in [0, 0.1) is 0 Å². The number of carbonyl (C=O) groups is 1. The third-order valence-corrected chi connectivity index (χ3v) is 1.44. The van der Waals surface area contributed by atoms with Crippen LogP contribution in [0.3, 0.4) is 0 Å². The number of hydrogen-bond donors (Lipinski definition) is 3. The lowest BCUT2D eigenvalue weighted by molar-refractivity contribution is 0.0958. The highest BCUT2D eigenvalue weighted by Crippen LogP contribution is 1.91. The Balaban J connectivity index is 2.31. The van der Waals surface area contributed by atoms with Gasteiger partial charge in [-0.2, -0.15) is 5.10 Å². The maximum absolute atomic E-state index is 11.2. The number of aromatic nitrogens is 2. The van der Waals surface area contributed by atoms with E-state index < -0.39 is 0 Å². The van der Waals surface area contributed by atoms with Crippen molar-refractivity contribution in [1.82, 2.24) is 15.5 Å². The summed E-state index contributed by atoms with van der Waals surface area (Å²) in [6, 6.07) is 0. The summed E-state index contributed by atoms with van der Waals surface area (Å²) < 4.78 is 0. The third-order valence-electron chi connectivity index (χ3n) is 1.44. The van der Waals surface area contributed by atoms with Crippen molar-refractivity contribution in [3.63, 3.8) is 0 Å². The number of H-pyrrole nitrogens is 1. The second-order valence-corrected chi connectivity index (χ2v) is 2.40. The number of carbonyl (C=O) groups excluding carboxylic acids is 1. The molecule has 0 fully saturated rings. The Kier molecular flexibility index (Phi) is 3.72. The van der Waals surface area contributed by atoms with E-state index in [1.165, 1.54) is 6.20 Å². The molecule has 5 heteroatoms. The maximum Gasteiger partial charge on any atom is 0.254 e. The van der Waals surface area contributed by atoms with E-state index in [2.05, 4.69) is 15.5 Å². The number of hydrogen-bond acceptors (Lipinski definition) is 3. The Labute approximate surface area is 76.0 Å². The quantitative estimate of drug-likeness (QED) is 0.554. The highest BCUT2D eigenvalue weighted by atomic mass is 16.1. The fourth-order valence-corrected chi connectivity index (χ4v) is 0.808. The molecule has 1 amide bonds. The van der Waals surface area contributed by atoms with E-state index in [4.69, 9.17) is 5.73 Å². The first kappa shape index (κ1) is 9.47. The van der Waals surface area contributed by atoms with Crippen molar-refractivity contribution < 1.29 is 4.79 Å². The molecular formula is C8H12N4O. The molecule has 13 heavy (non-hydrogen) atoms. The molecule has 0 spiro atoms. The van der Waals surface area contributed by atoms with Crippen LogP contribution in [0.5, 0.6) is 0 Å². The van der Waals surface area contributed by atoms with Crippen molar-refractivity contribution in [2.45, 2.75) is 0 Å². The van der Waals surface area contributed by atoms with E-state index in [0.29, 0.717) is 18.7 Å². The molecule has 0 saturated heterocycles. The van der Waals surface area contributed by atoms with Gasteiger partial charge in [-0.1, -0.05) is 12.2 Å². The van der Waals surface area contributed by atoms with Crippen LogP contribution in [-0.4, -0.2) is 29.2 Å². The Bertz CT molecular complexity index is 278. The Morgan fingerprint density at radius 1 is 1.69 bits per heavy atom. The van der Waals surface area contributed by atoms with Crippen LogP contribution in [0.4, 0.5) is 0 Å². The highest BCUT2D eigenvalue weighted by molar-refractivity contribution is 5.93. The molecule has 0 aromatic carbocycles. The molecule has 1 aromatic rings. The van der Waals surface area contributed by atoms with Gasteiger partial charge < -0.3 is 11.1 Å². The fraction of sp³-hybridized carbons (Fsp3) is 0.250. The standard InChI is InChI=1S/C8H12N4O/c9-3-1-2-4-10-8(13)7-5-11-12-6-7/h1-2,5-6H,3-4,9H2,(H,10,13)(H,11,12)/b2-1+. The number of aromatic amines is 1.